The van der Waals surface area contributed by atoms with Crippen molar-refractivity contribution < 1.29 is 35.9 Å². The summed E-state index contributed by atoms with van der Waals surface area (Å²) in [7, 11) is -1.80. The first-order valence-electron chi connectivity index (χ1n) is 12.1. The molecule has 4 rings (SSSR count). The molecule has 0 radical (unpaired) electrons. The lowest BCUT2D eigenvalue weighted by atomic mass is 10.2. The first-order valence-corrected chi connectivity index (χ1v) is 14.0. The minimum atomic E-state index is -4.71. The molecule has 3 aromatic carbocycles. The maximum Gasteiger partial charge on any atom is 0.416 e. The number of ether oxygens (including phenoxy) is 2. The Hall–Kier alpha value is -3.64. The zero-order valence-electron chi connectivity index (χ0n) is 21.7. The molecule has 0 aliphatic carbocycles. The van der Waals surface area contributed by atoms with Crippen molar-refractivity contribution in [3.05, 3.63) is 77.3 Å². The van der Waals surface area contributed by atoms with E-state index in [0.717, 1.165) is 17.8 Å². The van der Waals surface area contributed by atoms with Crippen LogP contribution in [-0.2, 0) is 21.0 Å². The zero-order chi connectivity index (χ0) is 29.1. The van der Waals surface area contributed by atoms with Gasteiger partial charge in [-0.3, -0.25) is 9.10 Å². The molecule has 1 fully saturated rings. The van der Waals surface area contributed by atoms with Crippen LogP contribution in [-0.4, -0.2) is 66.2 Å². The molecular formula is C27H27ClF3N3O5S. The van der Waals surface area contributed by atoms with E-state index in [1.807, 2.05) is 23.1 Å². The molecule has 0 unspecified atom stereocenters. The number of amides is 1. The standard InChI is InChI=1S/C27H27ClF3N3O5S/c1-38-24-10-9-23(17-25(24)39-2)40(36,37)34(22-8-3-5-19(15-22)27(29,30)31)18-26(35)33-13-11-32(12-14-33)21-7-4-6-20(28)16-21/h3-10,15-17H,11-14,18H2,1-2H3. The quantitative estimate of drug-likeness (QED) is 0.367. The molecular weight excluding hydrogens is 571 g/mol. The number of anilines is 2. The molecule has 1 heterocycles. The molecule has 1 aliphatic rings. The van der Waals surface area contributed by atoms with Crippen molar-refractivity contribution in [1.82, 2.24) is 4.90 Å². The van der Waals surface area contributed by atoms with Crippen LogP contribution in [0.15, 0.2) is 71.6 Å². The molecule has 0 N–H and O–H groups in total. The minimum absolute atomic E-state index is 0.107. The second-order valence-electron chi connectivity index (χ2n) is 8.92. The maximum absolute atomic E-state index is 13.8. The SMILES string of the molecule is COc1ccc(S(=O)(=O)N(CC(=O)N2CCN(c3cccc(Cl)c3)CC2)c2cccc(C(F)(F)F)c2)cc1OC. The highest BCUT2D eigenvalue weighted by Crippen LogP contribution is 2.35. The number of methoxy groups -OCH3 is 2. The molecule has 8 nitrogen and oxygen atoms in total. The smallest absolute Gasteiger partial charge is 0.416 e. The van der Waals surface area contributed by atoms with Gasteiger partial charge < -0.3 is 19.3 Å². The summed E-state index contributed by atoms with van der Waals surface area (Å²) in [6.07, 6.45) is -4.71. The Morgan fingerprint density at radius 3 is 2.23 bits per heavy atom. The van der Waals surface area contributed by atoms with Gasteiger partial charge in [0.2, 0.25) is 5.91 Å². The summed E-state index contributed by atoms with van der Waals surface area (Å²) in [5, 5.41) is 0.577. The Kier molecular flexibility index (Phi) is 8.69. The Morgan fingerprint density at radius 1 is 0.925 bits per heavy atom. The number of carbonyl (C=O) groups excluding carboxylic acids is 1. The van der Waals surface area contributed by atoms with Gasteiger partial charge in [-0.2, -0.15) is 13.2 Å². The van der Waals surface area contributed by atoms with E-state index in [1.165, 1.54) is 43.4 Å². The molecule has 0 bridgehead atoms. The minimum Gasteiger partial charge on any atom is -0.493 e. The topological polar surface area (TPSA) is 79.4 Å². The average molecular weight is 598 g/mol. The van der Waals surface area contributed by atoms with Gasteiger partial charge in [0.05, 0.1) is 30.4 Å². The monoisotopic (exact) mass is 597 g/mol. The predicted octanol–water partition coefficient (Wildman–Crippen LogP) is 4.92. The van der Waals surface area contributed by atoms with Crippen LogP contribution in [0.5, 0.6) is 11.5 Å². The van der Waals surface area contributed by atoms with Crippen molar-refractivity contribution in [2.75, 3.05) is 56.1 Å². The van der Waals surface area contributed by atoms with E-state index >= 15 is 0 Å². The molecule has 0 spiro atoms. The zero-order valence-corrected chi connectivity index (χ0v) is 23.3. The van der Waals surface area contributed by atoms with Gasteiger partial charge in [-0.15, -0.1) is 0 Å². The second kappa shape index (κ2) is 11.8. The van der Waals surface area contributed by atoms with Crippen LogP contribution >= 0.6 is 11.6 Å². The van der Waals surface area contributed by atoms with Crippen LogP contribution < -0.4 is 18.7 Å². The van der Waals surface area contributed by atoms with Crippen molar-refractivity contribution in [2.24, 2.45) is 0 Å². The lowest BCUT2D eigenvalue weighted by molar-refractivity contribution is -0.137. The fourth-order valence-corrected chi connectivity index (χ4v) is 5.97. The van der Waals surface area contributed by atoms with Gasteiger partial charge in [0.1, 0.15) is 6.54 Å². The summed E-state index contributed by atoms with van der Waals surface area (Å²) in [6, 6.07) is 15.0. The lowest BCUT2D eigenvalue weighted by Gasteiger charge is -2.37. The van der Waals surface area contributed by atoms with Crippen molar-refractivity contribution >= 4 is 38.9 Å². The van der Waals surface area contributed by atoms with Crippen LogP contribution in [0.1, 0.15) is 5.56 Å². The largest absolute Gasteiger partial charge is 0.493 e. The number of benzene rings is 3. The normalized spacial score (nSPS) is 14.2. The van der Waals surface area contributed by atoms with Crippen LogP contribution in [0.4, 0.5) is 24.5 Å². The van der Waals surface area contributed by atoms with Crippen molar-refractivity contribution in [2.45, 2.75) is 11.1 Å². The van der Waals surface area contributed by atoms with Gasteiger partial charge in [-0.1, -0.05) is 23.7 Å². The van der Waals surface area contributed by atoms with Crippen LogP contribution in [0.3, 0.4) is 0 Å². The fraction of sp³-hybridized carbons (Fsp3) is 0.296. The Bertz CT molecular complexity index is 1480. The number of rotatable bonds is 8. The summed E-state index contributed by atoms with van der Waals surface area (Å²) in [6.45, 7) is 0.821. The van der Waals surface area contributed by atoms with Crippen LogP contribution in [0.25, 0.3) is 0 Å². The van der Waals surface area contributed by atoms with E-state index in [0.29, 0.717) is 28.5 Å². The van der Waals surface area contributed by atoms with Gasteiger partial charge in [0.25, 0.3) is 10.0 Å². The number of hydrogen-bond donors (Lipinski definition) is 0. The second-order valence-corrected chi connectivity index (χ2v) is 11.2. The van der Waals surface area contributed by atoms with Crippen molar-refractivity contribution in [3.63, 3.8) is 0 Å². The van der Waals surface area contributed by atoms with E-state index in [4.69, 9.17) is 21.1 Å². The van der Waals surface area contributed by atoms with E-state index < -0.39 is 34.2 Å². The van der Waals surface area contributed by atoms with E-state index in [9.17, 15) is 26.4 Å². The number of alkyl halides is 3. The third-order valence-electron chi connectivity index (χ3n) is 6.49. The van der Waals surface area contributed by atoms with Gasteiger partial charge in [0.15, 0.2) is 11.5 Å². The van der Waals surface area contributed by atoms with Crippen LogP contribution in [0.2, 0.25) is 5.02 Å². The average Bonchev–Trinajstić information content (AvgIpc) is 2.95. The van der Waals surface area contributed by atoms with Crippen molar-refractivity contribution in [3.8, 4) is 11.5 Å². The molecule has 40 heavy (non-hydrogen) atoms. The third-order valence-corrected chi connectivity index (χ3v) is 8.49. The molecule has 0 aromatic heterocycles. The lowest BCUT2D eigenvalue weighted by Crippen LogP contribution is -2.52. The Balaban J connectivity index is 1.63. The van der Waals surface area contributed by atoms with Gasteiger partial charge in [0, 0.05) is 43.0 Å². The van der Waals surface area contributed by atoms with Gasteiger partial charge in [-0.25, -0.2) is 8.42 Å². The number of halogens is 4. The third kappa shape index (κ3) is 6.39. The maximum atomic E-state index is 13.8. The molecule has 0 atom stereocenters. The molecule has 13 heteroatoms. The predicted molar refractivity (Wildman–Crippen MR) is 146 cm³/mol. The summed E-state index contributed by atoms with van der Waals surface area (Å²) in [5.41, 5.74) is -0.447. The first-order chi connectivity index (χ1) is 18.9. The summed E-state index contributed by atoms with van der Waals surface area (Å²) >= 11 is 6.09. The number of sulfonamides is 1. The molecule has 1 saturated heterocycles. The molecule has 0 saturated carbocycles. The highest BCUT2D eigenvalue weighted by Gasteiger charge is 2.34. The highest BCUT2D eigenvalue weighted by molar-refractivity contribution is 7.92. The molecule has 1 amide bonds. The summed E-state index contributed by atoms with van der Waals surface area (Å²) in [4.78, 5) is 16.6. The Morgan fingerprint density at radius 2 is 1.60 bits per heavy atom. The Labute approximate surface area is 235 Å². The first kappa shape index (κ1) is 29.3. The van der Waals surface area contributed by atoms with E-state index in [2.05, 4.69) is 0 Å². The molecule has 1 aliphatic heterocycles. The fourth-order valence-electron chi connectivity index (χ4n) is 4.37. The number of hydrogen-bond acceptors (Lipinski definition) is 6. The number of carbonyl (C=O) groups is 1. The molecule has 3 aromatic rings. The summed E-state index contributed by atoms with van der Waals surface area (Å²) < 4.78 is 79.2. The van der Waals surface area contributed by atoms with Crippen LogP contribution in [0, 0.1) is 0 Å². The number of piperazine rings is 1. The summed E-state index contributed by atoms with van der Waals surface area (Å²) in [5.74, 6) is -0.177. The van der Waals surface area contributed by atoms with Gasteiger partial charge in [-0.05, 0) is 48.5 Å². The van der Waals surface area contributed by atoms with Gasteiger partial charge >= 0.3 is 6.18 Å². The van der Waals surface area contributed by atoms with E-state index in [-0.39, 0.29) is 35.2 Å². The molecule has 214 valence electrons. The van der Waals surface area contributed by atoms with Crippen molar-refractivity contribution in [1.29, 1.82) is 0 Å². The van der Waals surface area contributed by atoms with E-state index in [1.54, 1.807) is 6.07 Å². The number of nitrogens with zero attached hydrogens (tertiary/aromatic N) is 3. The highest BCUT2D eigenvalue weighted by atomic mass is 35.5.